The molecule has 2 aromatic carbocycles. The number of hydrogen-bond donors (Lipinski definition) is 0. The predicted molar refractivity (Wildman–Crippen MR) is 101 cm³/mol. The van der Waals surface area contributed by atoms with Crippen molar-refractivity contribution in [2.24, 2.45) is 0 Å². The fraction of sp³-hybridized carbons (Fsp3) is 0.211. The molecule has 0 saturated carbocycles. The summed E-state index contributed by atoms with van der Waals surface area (Å²) < 4.78 is 1.09. The molecule has 0 saturated heterocycles. The van der Waals surface area contributed by atoms with Gasteiger partial charge in [-0.05, 0) is 53.1 Å². The van der Waals surface area contributed by atoms with Crippen LogP contribution in [-0.4, -0.2) is 5.91 Å². The van der Waals surface area contributed by atoms with E-state index >= 15 is 0 Å². The Labute approximate surface area is 146 Å². The van der Waals surface area contributed by atoms with Crippen LogP contribution in [0.25, 0.3) is 0 Å². The Bertz CT molecular complexity index is 624. The minimum atomic E-state index is 0.162. The summed E-state index contributed by atoms with van der Waals surface area (Å²) in [5, 5.41) is 0. The van der Waals surface area contributed by atoms with Gasteiger partial charge < -0.3 is 4.90 Å². The van der Waals surface area contributed by atoms with Gasteiger partial charge in [0.25, 0.3) is 0 Å². The molecule has 2 aromatic rings. The fourth-order valence-electron chi connectivity index (χ4n) is 2.28. The number of carbonyl (C=O) groups is 1. The van der Waals surface area contributed by atoms with E-state index in [4.69, 9.17) is 0 Å². The molecule has 0 aliphatic carbocycles. The van der Waals surface area contributed by atoms with Crippen molar-refractivity contribution in [3.8, 4) is 0 Å². The fourth-order valence-corrected chi connectivity index (χ4v) is 2.96. The quantitative estimate of drug-likeness (QED) is 0.353. The summed E-state index contributed by atoms with van der Waals surface area (Å²) in [4.78, 5) is 14.6. The van der Waals surface area contributed by atoms with E-state index in [-0.39, 0.29) is 5.91 Å². The molecule has 2 rings (SSSR count). The van der Waals surface area contributed by atoms with Crippen LogP contribution >= 0.6 is 22.6 Å². The van der Waals surface area contributed by atoms with Crippen LogP contribution in [0.2, 0.25) is 0 Å². The summed E-state index contributed by atoms with van der Waals surface area (Å²) in [5.41, 5.74) is 2.12. The average Bonchev–Trinajstić information content (AvgIpc) is 2.54. The first-order valence-electron chi connectivity index (χ1n) is 7.42. The number of rotatable bonds is 7. The number of allylic oxidation sites excluding steroid dienone is 1. The topological polar surface area (TPSA) is 20.3 Å². The number of benzene rings is 2. The lowest BCUT2D eigenvalue weighted by atomic mass is 10.1. The number of para-hydroxylation sites is 1. The van der Waals surface area contributed by atoms with Gasteiger partial charge in [-0.15, -0.1) is 6.58 Å². The summed E-state index contributed by atoms with van der Waals surface area (Å²) in [5.74, 6) is 0.162. The summed E-state index contributed by atoms with van der Waals surface area (Å²) in [7, 11) is 0. The first-order chi connectivity index (χ1) is 10.7. The molecule has 3 heteroatoms. The van der Waals surface area contributed by atoms with Gasteiger partial charge >= 0.3 is 0 Å². The highest BCUT2D eigenvalue weighted by atomic mass is 127. The predicted octanol–water partition coefficient (Wildman–Crippen LogP) is 5.18. The van der Waals surface area contributed by atoms with E-state index in [0.29, 0.717) is 13.0 Å². The lowest BCUT2D eigenvalue weighted by Gasteiger charge is -2.24. The normalized spacial score (nSPS) is 10.2. The van der Waals surface area contributed by atoms with Gasteiger partial charge in [-0.2, -0.15) is 0 Å². The molecule has 0 unspecified atom stereocenters. The SMILES string of the molecule is C=CCCCC(=O)N(Cc1ccccc1)c1ccccc1I. The molecule has 0 aromatic heterocycles. The number of anilines is 1. The van der Waals surface area contributed by atoms with Crippen LogP contribution in [0.15, 0.2) is 67.3 Å². The summed E-state index contributed by atoms with van der Waals surface area (Å²) in [6.45, 7) is 4.32. The largest absolute Gasteiger partial charge is 0.307 e. The Balaban J connectivity index is 2.22. The van der Waals surface area contributed by atoms with Crippen molar-refractivity contribution in [3.05, 3.63) is 76.4 Å². The maximum atomic E-state index is 12.7. The second-order valence-corrected chi connectivity index (χ2v) is 6.26. The molecule has 0 N–H and O–H groups in total. The molecule has 0 aliphatic heterocycles. The summed E-state index contributed by atoms with van der Waals surface area (Å²) >= 11 is 2.29. The van der Waals surface area contributed by atoms with Crippen molar-refractivity contribution in [2.75, 3.05) is 4.90 Å². The van der Waals surface area contributed by atoms with Crippen molar-refractivity contribution in [1.29, 1.82) is 0 Å². The van der Waals surface area contributed by atoms with Crippen molar-refractivity contribution in [3.63, 3.8) is 0 Å². The third-order valence-electron chi connectivity index (χ3n) is 3.43. The molecular formula is C19H20INO. The molecule has 0 atom stereocenters. The Morgan fingerprint density at radius 2 is 1.77 bits per heavy atom. The monoisotopic (exact) mass is 405 g/mol. The van der Waals surface area contributed by atoms with Crippen LogP contribution in [0.3, 0.4) is 0 Å². The van der Waals surface area contributed by atoms with Crippen LogP contribution in [0.4, 0.5) is 5.69 Å². The molecule has 0 radical (unpaired) electrons. The van der Waals surface area contributed by atoms with Crippen LogP contribution in [-0.2, 0) is 11.3 Å². The number of nitrogens with zero attached hydrogens (tertiary/aromatic N) is 1. The summed E-state index contributed by atoms with van der Waals surface area (Å²) in [6.07, 6.45) is 4.12. The van der Waals surface area contributed by atoms with Crippen molar-refractivity contribution in [1.82, 2.24) is 0 Å². The van der Waals surface area contributed by atoms with E-state index in [2.05, 4.69) is 41.3 Å². The number of hydrogen-bond acceptors (Lipinski definition) is 1. The lowest BCUT2D eigenvalue weighted by molar-refractivity contribution is -0.118. The Kier molecular flexibility index (Phi) is 6.65. The van der Waals surface area contributed by atoms with Crippen LogP contribution < -0.4 is 4.90 Å². The standard InChI is InChI=1S/C19H20INO/c1-2-3-5-14-19(22)21(15-16-10-6-4-7-11-16)18-13-9-8-12-17(18)20/h2,4,6-13H,1,3,5,14-15H2. The zero-order valence-corrected chi connectivity index (χ0v) is 14.7. The van der Waals surface area contributed by atoms with E-state index in [9.17, 15) is 4.79 Å². The molecule has 22 heavy (non-hydrogen) atoms. The third kappa shape index (κ3) is 4.70. The maximum Gasteiger partial charge on any atom is 0.227 e. The first kappa shape index (κ1) is 16.7. The second-order valence-electron chi connectivity index (χ2n) is 5.10. The van der Waals surface area contributed by atoms with E-state index in [1.54, 1.807) is 0 Å². The highest BCUT2D eigenvalue weighted by Crippen LogP contribution is 2.25. The van der Waals surface area contributed by atoms with E-state index in [0.717, 1.165) is 27.7 Å². The van der Waals surface area contributed by atoms with Crippen molar-refractivity contribution >= 4 is 34.2 Å². The van der Waals surface area contributed by atoms with Crippen LogP contribution in [0.1, 0.15) is 24.8 Å². The Morgan fingerprint density at radius 1 is 1.09 bits per heavy atom. The van der Waals surface area contributed by atoms with Gasteiger partial charge in [-0.25, -0.2) is 0 Å². The number of carbonyl (C=O) groups excluding carboxylic acids is 1. The molecular weight excluding hydrogens is 385 g/mol. The van der Waals surface area contributed by atoms with Gasteiger partial charge in [0, 0.05) is 9.99 Å². The smallest absolute Gasteiger partial charge is 0.227 e. The Morgan fingerprint density at radius 3 is 2.45 bits per heavy atom. The van der Waals surface area contributed by atoms with Gasteiger partial charge in [-0.1, -0.05) is 48.5 Å². The number of halogens is 1. The number of unbranched alkanes of at least 4 members (excludes halogenated alkanes) is 1. The zero-order valence-electron chi connectivity index (χ0n) is 12.5. The van der Waals surface area contributed by atoms with Crippen molar-refractivity contribution in [2.45, 2.75) is 25.8 Å². The first-order valence-corrected chi connectivity index (χ1v) is 8.50. The minimum absolute atomic E-state index is 0.162. The second kappa shape index (κ2) is 8.73. The maximum absolute atomic E-state index is 12.7. The van der Waals surface area contributed by atoms with Crippen molar-refractivity contribution < 1.29 is 4.79 Å². The molecule has 0 heterocycles. The van der Waals surface area contributed by atoms with E-state index in [1.807, 2.05) is 53.4 Å². The average molecular weight is 405 g/mol. The third-order valence-corrected chi connectivity index (χ3v) is 4.34. The molecule has 0 fully saturated rings. The molecule has 114 valence electrons. The molecule has 1 amide bonds. The van der Waals surface area contributed by atoms with Gasteiger partial charge in [0.05, 0.1) is 12.2 Å². The highest BCUT2D eigenvalue weighted by Gasteiger charge is 2.17. The lowest BCUT2D eigenvalue weighted by Crippen LogP contribution is -2.30. The molecule has 2 nitrogen and oxygen atoms in total. The van der Waals surface area contributed by atoms with Crippen LogP contribution in [0.5, 0.6) is 0 Å². The van der Waals surface area contributed by atoms with Gasteiger partial charge in [-0.3, -0.25) is 4.79 Å². The Hall–Kier alpha value is -1.62. The zero-order chi connectivity index (χ0) is 15.8. The van der Waals surface area contributed by atoms with E-state index < -0.39 is 0 Å². The van der Waals surface area contributed by atoms with E-state index in [1.165, 1.54) is 0 Å². The van der Waals surface area contributed by atoms with Gasteiger partial charge in [0.2, 0.25) is 5.91 Å². The van der Waals surface area contributed by atoms with Gasteiger partial charge in [0.1, 0.15) is 0 Å². The number of amides is 1. The summed E-state index contributed by atoms with van der Waals surface area (Å²) in [6, 6.07) is 18.1. The highest BCUT2D eigenvalue weighted by molar-refractivity contribution is 14.1. The molecule has 0 aliphatic rings. The minimum Gasteiger partial charge on any atom is -0.307 e. The molecule has 0 spiro atoms. The van der Waals surface area contributed by atoms with Crippen LogP contribution in [0, 0.1) is 3.57 Å². The molecule has 0 bridgehead atoms. The van der Waals surface area contributed by atoms with Gasteiger partial charge in [0.15, 0.2) is 0 Å².